The van der Waals surface area contributed by atoms with Crippen LogP contribution in [0.5, 0.6) is 0 Å². The van der Waals surface area contributed by atoms with Crippen LogP contribution in [0, 0.1) is 6.92 Å². The van der Waals surface area contributed by atoms with Crippen molar-refractivity contribution in [3.05, 3.63) is 108 Å². The summed E-state index contributed by atoms with van der Waals surface area (Å²) in [6.45, 7) is 2.03. The minimum atomic E-state index is -0.672. The number of para-hydroxylation sites is 1. The van der Waals surface area contributed by atoms with Gasteiger partial charge >= 0.3 is 0 Å². The molecule has 1 amide bonds. The summed E-state index contributed by atoms with van der Waals surface area (Å²) in [6, 6.07) is 19.5. The third-order valence-corrected chi connectivity index (χ3v) is 5.18. The number of fused-ring (bicyclic) bond motifs is 1. The third kappa shape index (κ3) is 3.71. The van der Waals surface area contributed by atoms with E-state index in [1.807, 2.05) is 61.7 Å². The summed E-state index contributed by atoms with van der Waals surface area (Å²) in [6.07, 6.45) is 7.84. The van der Waals surface area contributed by atoms with Crippen molar-refractivity contribution in [2.45, 2.75) is 13.2 Å². The Morgan fingerprint density at radius 2 is 1.84 bits per heavy atom. The number of aromatic amines is 1. The molecule has 2 aromatic heterocycles. The van der Waals surface area contributed by atoms with Crippen molar-refractivity contribution in [3.63, 3.8) is 0 Å². The summed E-state index contributed by atoms with van der Waals surface area (Å²) in [4.78, 5) is 20.4. The summed E-state index contributed by atoms with van der Waals surface area (Å²) in [5.41, 5.74) is 4.70. The number of aromatic nitrogens is 2. The molecule has 0 fully saturated rings. The molecule has 6 nitrogen and oxygen atoms in total. The first kappa shape index (κ1) is 18.8. The number of aryl methyl sites for hydroxylation is 1. The van der Waals surface area contributed by atoms with Crippen LogP contribution in [0.1, 0.15) is 28.5 Å². The van der Waals surface area contributed by atoms with Gasteiger partial charge in [0, 0.05) is 46.7 Å². The lowest BCUT2D eigenvalue weighted by atomic mass is 10.1. The number of ether oxygens (including phenoxy) is 1. The van der Waals surface area contributed by atoms with Gasteiger partial charge in [0.05, 0.1) is 0 Å². The van der Waals surface area contributed by atoms with Crippen LogP contribution in [0.25, 0.3) is 17.0 Å². The maximum atomic E-state index is 13.1. The van der Waals surface area contributed by atoms with E-state index in [0.717, 1.165) is 27.6 Å². The molecule has 1 atom stereocenters. The van der Waals surface area contributed by atoms with Crippen molar-refractivity contribution in [3.8, 4) is 0 Å². The van der Waals surface area contributed by atoms with E-state index in [-0.39, 0.29) is 5.91 Å². The van der Waals surface area contributed by atoms with E-state index in [4.69, 9.17) is 4.74 Å². The zero-order valence-corrected chi connectivity index (χ0v) is 16.9. The van der Waals surface area contributed by atoms with E-state index in [9.17, 15) is 4.79 Å². The van der Waals surface area contributed by atoms with E-state index in [1.54, 1.807) is 30.6 Å². The van der Waals surface area contributed by atoms with Crippen LogP contribution in [0.2, 0.25) is 0 Å². The first-order valence-electron chi connectivity index (χ1n) is 9.99. The second-order valence-corrected chi connectivity index (χ2v) is 7.33. The fourth-order valence-electron chi connectivity index (χ4n) is 3.53. The quantitative estimate of drug-likeness (QED) is 0.493. The van der Waals surface area contributed by atoms with Crippen LogP contribution in [-0.4, -0.2) is 26.8 Å². The molecule has 0 saturated heterocycles. The highest BCUT2D eigenvalue weighted by Gasteiger charge is 2.35. The number of amides is 1. The highest BCUT2D eigenvalue weighted by atomic mass is 16.5. The molecular weight excluding hydrogens is 388 g/mol. The average molecular weight is 408 g/mol. The number of H-pyrrole nitrogens is 1. The number of pyridine rings is 1. The largest absolute Gasteiger partial charge is 0.446 e. The molecule has 1 aliphatic heterocycles. The average Bonchev–Trinajstić information content (AvgIpc) is 3.43. The van der Waals surface area contributed by atoms with Gasteiger partial charge in [-0.1, -0.05) is 48.0 Å². The van der Waals surface area contributed by atoms with Gasteiger partial charge < -0.3 is 9.72 Å². The molecule has 0 spiro atoms. The summed E-state index contributed by atoms with van der Waals surface area (Å²) in [5, 5.41) is 6.88. The maximum absolute atomic E-state index is 13.1. The van der Waals surface area contributed by atoms with Crippen LogP contribution >= 0.6 is 0 Å². The van der Waals surface area contributed by atoms with Crippen molar-refractivity contribution >= 4 is 28.8 Å². The normalized spacial score (nSPS) is 16.0. The number of hydrogen-bond donors (Lipinski definition) is 1. The first-order chi connectivity index (χ1) is 15.2. The molecule has 3 heterocycles. The Morgan fingerprint density at radius 1 is 1.06 bits per heavy atom. The fraction of sp³-hybridized carbons (Fsp3) is 0.0800. The monoisotopic (exact) mass is 408 g/mol. The van der Waals surface area contributed by atoms with Gasteiger partial charge in [0.15, 0.2) is 0 Å². The molecule has 0 aliphatic carbocycles. The second kappa shape index (κ2) is 7.91. The fourth-order valence-corrected chi connectivity index (χ4v) is 3.53. The Bertz CT molecular complexity index is 1290. The summed E-state index contributed by atoms with van der Waals surface area (Å²) in [7, 11) is 0. The van der Waals surface area contributed by atoms with Gasteiger partial charge in [0.1, 0.15) is 0 Å². The second-order valence-electron chi connectivity index (χ2n) is 7.33. The zero-order chi connectivity index (χ0) is 21.2. The number of hydrogen-bond acceptors (Lipinski definition) is 4. The Labute approximate surface area is 179 Å². The van der Waals surface area contributed by atoms with Crippen LogP contribution in [0.15, 0.2) is 90.4 Å². The highest BCUT2D eigenvalue weighted by Crippen LogP contribution is 2.34. The molecule has 2 aromatic carbocycles. The van der Waals surface area contributed by atoms with Crippen LogP contribution in [0.4, 0.5) is 0 Å². The topological polar surface area (TPSA) is 70.6 Å². The van der Waals surface area contributed by atoms with Crippen LogP contribution in [-0.2, 0) is 9.53 Å². The summed E-state index contributed by atoms with van der Waals surface area (Å²) in [5.74, 6) is 0.120. The highest BCUT2D eigenvalue weighted by molar-refractivity contribution is 5.99. The Kier molecular flexibility index (Phi) is 4.80. The molecule has 1 aliphatic rings. The molecule has 0 radical (unpaired) electrons. The third-order valence-electron chi connectivity index (χ3n) is 5.18. The molecule has 6 heteroatoms. The number of rotatable bonds is 4. The number of carbonyl (C=O) groups is 1. The Balaban J connectivity index is 1.50. The van der Waals surface area contributed by atoms with Crippen LogP contribution < -0.4 is 0 Å². The molecular formula is C25H20N4O2. The van der Waals surface area contributed by atoms with Gasteiger partial charge in [0.2, 0.25) is 12.1 Å². The predicted octanol–water partition coefficient (Wildman–Crippen LogP) is 4.80. The minimum Gasteiger partial charge on any atom is -0.446 e. The van der Waals surface area contributed by atoms with E-state index in [0.29, 0.717) is 5.90 Å². The lowest BCUT2D eigenvalue weighted by molar-refractivity contribution is -0.132. The number of nitrogens with one attached hydrogen (secondary N) is 1. The minimum absolute atomic E-state index is 0.264. The zero-order valence-electron chi connectivity index (χ0n) is 16.9. The maximum Gasteiger partial charge on any atom is 0.270 e. The molecule has 0 saturated carbocycles. The lowest BCUT2D eigenvalue weighted by Crippen LogP contribution is -2.26. The van der Waals surface area contributed by atoms with Crippen molar-refractivity contribution < 1.29 is 9.53 Å². The lowest BCUT2D eigenvalue weighted by Gasteiger charge is -2.18. The number of nitrogens with zero attached hydrogens (tertiary/aromatic N) is 3. The molecule has 4 aromatic rings. The number of hydrazone groups is 1. The van der Waals surface area contributed by atoms with Crippen molar-refractivity contribution in [1.29, 1.82) is 0 Å². The van der Waals surface area contributed by atoms with Crippen LogP contribution in [0.3, 0.4) is 0 Å². The standard InChI is InChI=1S/C25H20N4O2/c1-17-6-8-18(9-7-17)10-11-23(30)29-25(21-16-27-22-5-3-2-4-20(21)22)31-24(28-29)19-12-14-26-15-13-19/h2-16,25,27H,1H3/b11-10-. The van der Waals surface area contributed by atoms with Gasteiger partial charge in [-0.15, -0.1) is 5.10 Å². The van der Waals surface area contributed by atoms with E-state index in [1.165, 1.54) is 16.6 Å². The van der Waals surface area contributed by atoms with E-state index < -0.39 is 6.23 Å². The van der Waals surface area contributed by atoms with Gasteiger partial charge in [-0.05, 0) is 36.8 Å². The SMILES string of the molecule is Cc1ccc(/C=C\C(=O)N2N=C(c3ccncc3)OC2c2c[nH]c3ccccc23)cc1. The smallest absolute Gasteiger partial charge is 0.270 e. The van der Waals surface area contributed by atoms with Gasteiger partial charge in [-0.2, -0.15) is 5.01 Å². The van der Waals surface area contributed by atoms with Crippen molar-refractivity contribution in [2.75, 3.05) is 0 Å². The molecule has 0 bridgehead atoms. The Hall–Kier alpha value is -4.19. The first-order valence-corrected chi connectivity index (χ1v) is 9.99. The Morgan fingerprint density at radius 3 is 2.65 bits per heavy atom. The van der Waals surface area contributed by atoms with Gasteiger partial charge in [-0.3, -0.25) is 9.78 Å². The van der Waals surface area contributed by atoms with E-state index in [2.05, 4.69) is 15.1 Å². The van der Waals surface area contributed by atoms with E-state index >= 15 is 0 Å². The molecule has 5 rings (SSSR count). The molecule has 152 valence electrons. The van der Waals surface area contributed by atoms with Crippen molar-refractivity contribution in [1.82, 2.24) is 15.0 Å². The predicted molar refractivity (Wildman–Crippen MR) is 120 cm³/mol. The number of carbonyl (C=O) groups excluding carboxylic acids is 1. The summed E-state index contributed by atoms with van der Waals surface area (Å²) >= 11 is 0. The van der Waals surface area contributed by atoms with Gasteiger partial charge in [-0.25, -0.2) is 0 Å². The van der Waals surface area contributed by atoms with Gasteiger partial charge in [0.25, 0.3) is 5.91 Å². The molecule has 1 N–H and O–H groups in total. The van der Waals surface area contributed by atoms with Crippen molar-refractivity contribution in [2.24, 2.45) is 5.10 Å². The number of benzene rings is 2. The molecule has 1 unspecified atom stereocenters. The summed E-state index contributed by atoms with van der Waals surface area (Å²) < 4.78 is 6.17. The molecule has 31 heavy (non-hydrogen) atoms.